The third-order valence-electron chi connectivity index (χ3n) is 4.79. The number of esters is 1. The molecule has 0 spiro atoms. The maximum atomic E-state index is 12.6. The van der Waals surface area contributed by atoms with Crippen molar-refractivity contribution < 1.29 is 22.7 Å². The van der Waals surface area contributed by atoms with Crippen molar-refractivity contribution in [2.45, 2.75) is 39.2 Å². The topological polar surface area (TPSA) is 84.0 Å². The lowest BCUT2D eigenvalue weighted by atomic mass is 9.98. The Morgan fingerprint density at radius 3 is 2.58 bits per heavy atom. The van der Waals surface area contributed by atoms with E-state index in [0.29, 0.717) is 26.1 Å². The van der Waals surface area contributed by atoms with E-state index in [2.05, 4.69) is 0 Å². The van der Waals surface area contributed by atoms with Crippen molar-refractivity contribution in [3.05, 3.63) is 0 Å². The SMILES string of the molecule is CCOC(=O)C1CCCN(CC(=O)N(CC)C2CCS(=O)(=O)C2)C1. The van der Waals surface area contributed by atoms with E-state index in [4.69, 9.17) is 4.74 Å². The molecule has 0 N–H and O–H groups in total. The summed E-state index contributed by atoms with van der Waals surface area (Å²) >= 11 is 0. The van der Waals surface area contributed by atoms with Crippen molar-refractivity contribution in [2.24, 2.45) is 5.92 Å². The average molecular weight is 360 g/mol. The van der Waals surface area contributed by atoms with Gasteiger partial charge in [-0.3, -0.25) is 14.5 Å². The minimum atomic E-state index is -3.01. The number of rotatable bonds is 6. The monoisotopic (exact) mass is 360 g/mol. The van der Waals surface area contributed by atoms with Crippen molar-refractivity contribution in [3.8, 4) is 0 Å². The van der Waals surface area contributed by atoms with Crippen LogP contribution >= 0.6 is 0 Å². The second kappa shape index (κ2) is 8.29. The fraction of sp³-hybridized carbons (Fsp3) is 0.875. The Labute approximate surface area is 144 Å². The first-order chi connectivity index (χ1) is 11.4. The lowest BCUT2D eigenvalue weighted by Gasteiger charge is -2.34. The van der Waals surface area contributed by atoms with Crippen LogP contribution in [0.25, 0.3) is 0 Å². The van der Waals surface area contributed by atoms with E-state index in [1.165, 1.54) is 0 Å². The molecule has 0 aliphatic carbocycles. The molecular formula is C16H28N2O5S. The number of hydrogen-bond acceptors (Lipinski definition) is 6. The predicted molar refractivity (Wildman–Crippen MR) is 90.2 cm³/mol. The summed E-state index contributed by atoms with van der Waals surface area (Å²) in [7, 11) is -3.01. The molecule has 0 aromatic carbocycles. The van der Waals surface area contributed by atoms with Gasteiger partial charge in [0.1, 0.15) is 0 Å². The summed E-state index contributed by atoms with van der Waals surface area (Å²) in [6, 6.07) is -0.210. The molecule has 2 rings (SSSR count). The summed E-state index contributed by atoms with van der Waals surface area (Å²) in [5, 5.41) is 0. The fourth-order valence-electron chi connectivity index (χ4n) is 3.59. The first kappa shape index (κ1) is 19.2. The molecule has 2 atom stereocenters. The zero-order valence-electron chi connectivity index (χ0n) is 14.6. The smallest absolute Gasteiger partial charge is 0.310 e. The van der Waals surface area contributed by atoms with E-state index in [0.717, 1.165) is 19.4 Å². The fourth-order valence-corrected chi connectivity index (χ4v) is 5.32. The summed E-state index contributed by atoms with van der Waals surface area (Å²) in [5.74, 6) is -0.185. The molecule has 0 radical (unpaired) electrons. The van der Waals surface area contributed by atoms with E-state index in [-0.39, 0.29) is 41.9 Å². The molecule has 1 amide bonds. The molecule has 0 aromatic heterocycles. The Kier molecular flexibility index (Phi) is 6.62. The standard InChI is InChI=1S/C16H28N2O5S/c1-3-18(14-7-9-24(21,22)12-14)15(19)11-17-8-5-6-13(10-17)16(20)23-4-2/h13-14H,3-12H2,1-2H3. The molecule has 2 heterocycles. The number of nitrogens with zero attached hydrogens (tertiary/aromatic N) is 2. The Bertz CT molecular complexity index is 563. The molecule has 0 aromatic rings. The lowest BCUT2D eigenvalue weighted by molar-refractivity contribution is -0.150. The third-order valence-corrected chi connectivity index (χ3v) is 6.54. The Morgan fingerprint density at radius 2 is 2.00 bits per heavy atom. The summed E-state index contributed by atoms with van der Waals surface area (Å²) in [6.07, 6.45) is 2.18. The molecule has 7 nitrogen and oxygen atoms in total. The number of likely N-dealkylation sites (tertiary alicyclic amines) is 1. The maximum absolute atomic E-state index is 12.6. The Morgan fingerprint density at radius 1 is 1.25 bits per heavy atom. The van der Waals surface area contributed by atoms with Crippen LogP contribution in [-0.2, 0) is 24.2 Å². The van der Waals surface area contributed by atoms with Gasteiger partial charge in [0.15, 0.2) is 9.84 Å². The van der Waals surface area contributed by atoms with Crippen LogP contribution in [0.2, 0.25) is 0 Å². The van der Waals surface area contributed by atoms with E-state index in [1.54, 1.807) is 11.8 Å². The van der Waals surface area contributed by atoms with Gasteiger partial charge >= 0.3 is 5.97 Å². The van der Waals surface area contributed by atoms with Crippen LogP contribution in [0.15, 0.2) is 0 Å². The highest BCUT2D eigenvalue weighted by Crippen LogP contribution is 2.20. The Hall–Kier alpha value is -1.15. The molecular weight excluding hydrogens is 332 g/mol. The van der Waals surface area contributed by atoms with Gasteiger partial charge in [0, 0.05) is 19.1 Å². The second-order valence-electron chi connectivity index (χ2n) is 6.56. The van der Waals surface area contributed by atoms with Gasteiger partial charge in [-0.25, -0.2) is 8.42 Å². The van der Waals surface area contributed by atoms with Gasteiger partial charge in [0.25, 0.3) is 0 Å². The highest BCUT2D eigenvalue weighted by Gasteiger charge is 2.35. The van der Waals surface area contributed by atoms with Gasteiger partial charge in [-0.2, -0.15) is 0 Å². The van der Waals surface area contributed by atoms with E-state index < -0.39 is 9.84 Å². The first-order valence-corrected chi connectivity index (χ1v) is 10.6. The maximum Gasteiger partial charge on any atom is 0.310 e. The number of hydrogen-bond donors (Lipinski definition) is 0. The molecule has 2 aliphatic heterocycles. The molecule has 8 heteroatoms. The van der Waals surface area contributed by atoms with Crippen LogP contribution in [0.5, 0.6) is 0 Å². The normalized spacial score (nSPS) is 26.9. The van der Waals surface area contributed by atoms with Gasteiger partial charge in [-0.05, 0) is 39.7 Å². The van der Waals surface area contributed by atoms with Gasteiger partial charge in [-0.15, -0.1) is 0 Å². The lowest BCUT2D eigenvalue weighted by Crippen LogP contribution is -2.49. The molecule has 138 valence electrons. The molecule has 2 aliphatic rings. The van der Waals surface area contributed by atoms with Crippen molar-refractivity contribution in [2.75, 3.05) is 44.3 Å². The van der Waals surface area contributed by atoms with Crippen molar-refractivity contribution in [3.63, 3.8) is 0 Å². The third kappa shape index (κ3) is 4.92. The molecule has 0 saturated carbocycles. The number of carbonyl (C=O) groups excluding carboxylic acids is 2. The zero-order chi connectivity index (χ0) is 17.7. The summed E-state index contributed by atoms with van der Waals surface area (Å²) in [4.78, 5) is 28.2. The first-order valence-electron chi connectivity index (χ1n) is 8.75. The zero-order valence-corrected chi connectivity index (χ0v) is 15.4. The van der Waals surface area contributed by atoms with Crippen molar-refractivity contribution in [1.29, 1.82) is 0 Å². The molecule has 0 bridgehead atoms. The summed E-state index contributed by atoms with van der Waals surface area (Å²) < 4.78 is 28.4. The number of ether oxygens (including phenoxy) is 1. The highest BCUT2D eigenvalue weighted by molar-refractivity contribution is 7.91. The number of amides is 1. The summed E-state index contributed by atoms with van der Waals surface area (Å²) in [5.41, 5.74) is 0. The van der Waals surface area contributed by atoms with Gasteiger partial charge < -0.3 is 9.64 Å². The number of piperidine rings is 1. The number of carbonyl (C=O) groups is 2. The summed E-state index contributed by atoms with van der Waals surface area (Å²) in [6.45, 7) is 6.09. The molecule has 2 fully saturated rings. The van der Waals surface area contributed by atoms with Crippen molar-refractivity contribution in [1.82, 2.24) is 9.80 Å². The van der Waals surface area contributed by atoms with Crippen LogP contribution in [0.4, 0.5) is 0 Å². The number of likely N-dealkylation sites (N-methyl/N-ethyl adjacent to an activating group) is 1. The molecule has 24 heavy (non-hydrogen) atoms. The average Bonchev–Trinajstić information content (AvgIpc) is 2.88. The van der Waals surface area contributed by atoms with E-state index >= 15 is 0 Å². The van der Waals surface area contributed by atoms with Gasteiger partial charge in [0.2, 0.25) is 5.91 Å². The largest absolute Gasteiger partial charge is 0.466 e. The Balaban J connectivity index is 1.91. The van der Waals surface area contributed by atoms with E-state index in [9.17, 15) is 18.0 Å². The predicted octanol–water partition coefficient (Wildman–Crippen LogP) is 0.297. The van der Waals surface area contributed by atoms with Crippen LogP contribution in [0, 0.1) is 5.92 Å². The van der Waals surface area contributed by atoms with E-state index in [1.807, 2.05) is 11.8 Å². The van der Waals surface area contributed by atoms with Crippen LogP contribution < -0.4 is 0 Å². The molecule has 2 saturated heterocycles. The van der Waals surface area contributed by atoms with Crippen molar-refractivity contribution >= 4 is 21.7 Å². The highest BCUT2D eigenvalue weighted by atomic mass is 32.2. The van der Waals surface area contributed by atoms with Gasteiger partial charge in [0.05, 0.1) is 30.6 Å². The number of sulfone groups is 1. The van der Waals surface area contributed by atoms with Gasteiger partial charge in [-0.1, -0.05) is 0 Å². The minimum Gasteiger partial charge on any atom is -0.466 e. The van der Waals surface area contributed by atoms with Crippen LogP contribution in [0.3, 0.4) is 0 Å². The van der Waals surface area contributed by atoms with Crippen LogP contribution in [0.1, 0.15) is 33.1 Å². The minimum absolute atomic E-state index is 0.0518. The quantitative estimate of drug-likeness (QED) is 0.634. The second-order valence-corrected chi connectivity index (χ2v) is 8.79. The van der Waals surface area contributed by atoms with Crippen LogP contribution in [-0.4, -0.2) is 80.4 Å². The molecule has 2 unspecified atom stereocenters.